The topological polar surface area (TPSA) is 97.3 Å². The number of carbonyl (C=O) groups is 1. The molecule has 1 amide bonds. The Morgan fingerprint density at radius 2 is 1.63 bits per heavy atom. The first-order valence-corrected chi connectivity index (χ1v) is 13.3. The molecule has 0 saturated heterocycles. The number of benzene rings is 4. The molecule has 1 heterocycles. The van der Waals surface area contributed by atoms with Crippen LogP contribution in [0.4, 0.5) is 5.69 Å². The van der Waals surface area contributed by atoms with Gasteiger partial charge in [-0.2, -0.15) is 5.10 Å². The number of rotatable bonds is 8. The summed E-state index contributed by atoms with van der Waals surface area (Å²) < 4.78 is 39.6. The van der Waals surface area contributed by atoms with E-state index in [1.165, 1.54) is 10.5 Å². The second-order valence-corrected chi connectivity index (χ2v) is 10.5. The van der Waals surface area contributed by atoms with Crippen LogP contribution in [-0.2, 0) is 16.6 Å². The second kappa shape index (κ2) is 10.8. The van der Waals surface area contributed by atoms with Crippen molar-refractivity contribution in [3.63, 3.8) is 0 Å². The number of amides is 1. The standard InChI is InChI=1S/C29H25N3O5S/c1-21-11-14-24(15-12-21)38(34,35)32(19-22-7-3-2-4-8-22)26-10-6-5-9-25(26)29(33)31-30-18-23-13-16-27-28(17-23)37-20-36-27/h2-18H,19-20H2,1H3,(H,31,33)/b30-18-. The van der Waals surface area contributed by atoms with Crippen LogP contribution in [0.15, 0.2) is 107 Å². The molecule has 1 N–H and O–H groups in total. The number of hydrogen-bond acceptors (Lipinski definition) is 6. The number of aryl methyl sites for hydroxylation is 1. The van der Waals surface area contributed by atoms with Crippen LogP contribution in [-0.4, -0.2) is 27.3 Å². The number of nitrogens with one attached hydrogen (secondary N) is 1. The lowest BCUT2D eigenvalue weighted by molar-refractivity contribution is 0.0955. The number of nitrogens with zero attached hydrogens (tertiary/aromatic N) is 2. The largest absolute Gasteiger partial charge is 0.454 e. The minimum Gasteiger partial charge on any atom is -0.454 e. The number of hydrogen-bond donors (Lipinski definition) is 1. The van der Waals surface area contributed by atoms with Crippen molar-refractivity contribution >= 4 is 27.8 Å². The molecule has 9 heteroatoms. The minimum absolute atomic E-state index is 0.0435. The van der Waals surface area contributed by atoms with Gasteiger partial charge in [-0.1, -0.05) is 60.2 Å². The maximum Gasteiger partial charge on any atom is 0.273 e. The predicted molar refractivity (Wildman–Crippen MR) is 145 cm³/mol. The molecule has 5 rings (SSSR count). The molecular weight excluding hydrogens is 502 g/mol. The Hall–Kier alpha value is -4.63. The summed E-state index contributed by atoms with van der Waals surface area (Å²) in [7, 11) is -4.01. The fourth-order valence-corrected chi connectivity index (χ4v) is 5.46. The zero-order chi connectivity index (χ0) is 26.5. The summed E-state index contributed by atoms with van der Waals surface area (Å²) in [4.78, 5) is 13.4. The third-order valence-corrected chi connectivity index (χ3v) is 7.75. The van der Waals surface area contributed by atoms with E-state index in [1.54, 1.807) is 66.7 Å². The molecule has 0 spiro atoms. The molecular formula is C29H25N3O5S. The molecule has 0 bridgehead atoms. The molecule has 0 aromatic heterocycles. The second-order valence-electron chi connectivity index (χ2n) is 8.64. The smallest absolute Gasteiger partial charge is 0.273 e. The number of para-hydroxylation sites is 1. The maximum absolute atomic E-state index is 13.9. The third-order valence-electron chi connectivity index (χ3n) is 5.97. The molecule has 4 aromatic rings. The van der Waals surface area contributed by atoms with Gasteiger partial charge in [-0.3, -0.25) is 9.10 Å². The van der Waals surface area contributed by atoms with Crippen LogP contribution in [0, 0.1) is 6.92 Å². The Labute approximate surface area is 221 Å². The summed E-state index contributed by atoms with van der Waals surface area (Å²) in [6, 6.07) is 27.7. The first-order chi connectivity index (χ1) is 18.4. The molecule has 0 saturated carbocycles. The Morgan fingerprint density at radius 3 is 2.42 bits per heavy atom. The van der Waals surface area contributed by atoms with E-state index in [1.807, 2.05) is 37.3 Å². The van der Waals surface area contributed by atoms with Gasteiger partial charge in [0, 0.05) is 0 Å². The van der Waals surface area contributed by atoms with E-state index in [0.717, 1.165) is 11.1 Å². The number of sulfonamides is 1. The highest BCUT2D eigenvalue weighted by Crippen LogP contribution is 2.32. The van der Waals surface area contributed by atoms with Crippen molar-refractivity contribution in [3.05, 3.63) is 119 Å². The van der Waals surface area contributed by atoms with Crippen molar-refractivity contribution in [1.29, 1.82) is 0 Å². The van der Waals surface area contributed by atoms with Gasteiger partial charge in [0.2, 0.25) is 6.79 Å². The monoisotopic (exact) mass is 527 g/mol. The van der Waals surface area contributed by atoms with Crippen LogP contribution in [0.5, 0.6) is 11.5 Å². The molecule has 0 radical (unpaired) electrons. The van der Waals surface area contributed by atoms with Crippen molar-refractivity contribution in [1.82, 2.24) is 5.43 Å². The highest BCUT2D eigenvalue weighted by molar-refractivity contribution is 7.92. The van der Waals surface area contributed by atoms with Gasteiger partial charge in [0.15, 0.2) is 11.5 Å². The molecule has 1 aliphatic rings. The van der Waals surface area contributed by atoms with Gasteiger partial charge in [0.05, 0.1) is 28.9 Å². The Morgan fingerprint density at radius 1 is 0.921 bits per heavy atom. The number of hydrazone groups is 1. The Kier molecular flexibility index (Phi) is 7.10. The van der Waals surface area contributed by atoms with Gasteiger partial charge in [0.25, 0.3) is 15.9 Å². The van der Waals surface area contributed by atoms with Crippen molar-refractivity contribution in [2.24, 2.45) is 5.10 Å². The van der Waals surface area contributed by atoms with Gasteiger partial charge in [-0.25, -0.2) is 13.8 Å². The molecule has 0 atom stereocenters. The lowest BCUT2D eigenvalue weighted by Gasteiger charge is -2.26. The lowest BCUT2D eigenvalue weighted by atomic mass is 10.1. The Balaban J connectivity index is 1.46. The first-order valence-electron chi connectivity index (χ1n) is 11.9. The molecule has 0 unspecified atom stereocenters. The number of anilines is 1. The van der Waals surface area contributed by atoms with E-state index in [4.69, 9.17) is 9.47 Å². The van der Waals surface area contributed by atoms with Crippen molar-refractivity contribution in [3.8, 4) is 11.5 Å². The highest BCUT2D eigenvalue weighted by Gasteiger charge is 2.28. The van der Waals surface area contributed by atoms with Crippen molar-refractivity contribution in [2.45, 2.75) is 18.4 Å². The minimum atomic E-state index is -4.01. The zero-order valence-corrected chi connectivity index (χ0v) is 21.4. The zero-order valence-electron chi connectivity index (χ0n) is 20.6. The van der Waals surface area contributed by atoms with Gasteiger partial charge >= 0.3 is 0 Å². The average Bonchev–Trinajstić information content (AvgIpc) is 3.40. The van der Waals surface area contributed by atoms with E-state index >= 15 is 0 Å². The summed E-state index contributed by atoms with van der Waals surface area (Å²) in [5.41, 5.74) is 5.35. The van der Waals surface area contributed by atoms with Crippen LogP contribution in [0.1, 0.15) is 27.0 Å². The predicted octanol–water partition coefficient (Wildman–Crippen LogP) is 4.88. The van der Waals surface area contributed by atoms with Gasteiger partial charge < -0.3 is 9.47 Å². The summed E-state index contributed by atoms with van der Waals surface area (Å²) >= 11 is 0. The fourth-order valence-electron chi connectivity index (χ4n) is 3.99. The van der Waals surface area contributed by atoms with Crippen LogP contribution in [0.25, 0.3) is 0 Å². The van der Waals surface area contributed by atoms with Crippen LogP contribution in [0.2, 0.25) is 0 Å². The fraction of sp³-hybridized carbons (Fsp3) is 0.103. The molecule has 0 fully saturated rings. The molecule has 38 heavy (non-hydrogen) atoms. The molecule has 4 aromatic carbocycles. The van der Waals surface area contributed by atoms with E-state index in [9.17, 15) is 13.2 Å². The summed E-state index contributed by atoms with van der Waals surface area (Å²) in [5, 5.41) is 4.07. The Bertz CT molecular complexity index is 1590. The third kappa shape index (κ3) is 5.37. The number of carbonyl (C=O) groups excluding carboxylic acids is 1. The molecule has 8 nitrogen and oxygen atoms in total. The van der Waals surface area contributed by atoms with E-state index in [-0.39, 0.29) is 29.5 Å². The number of ether oxygens (including phenoxy) is 2. The molecule has 192 valence electrons. The van der Waals surface area contributed by atoms with Crippen molar-refractivity contribution < 1.29 is 22.7 Å². The summed E-state index contributed by atoms with van der Waals surface area (Å²) in [5.74, 6) is 0.701. The number of fused-ring (bicyclic) bond motifs is 1. The first kappa shape index (κ1) is 25.0. The van der Waals surface area contributed by atoms with Gasteiger partial charge in [-0.15, -0.1) is 0 Å². The van der Waals surface area contributed by atoms with Crippen LogP contribution < -0.4 is 19.2 Å². The maximum atomic E-state index is 13.9. The normalized spacial score (nSPS) is 12.4. The van der Waals surface area contributed by atoms with E-state index in [2.05, 4.69) is 10.5 Å². The summed E-state index contributed by atoms with van der Waals surface area (Å²) in [6.45, 7) is 2.10. The SMILES string of the molecule is Cc1ccc(S(=O)(=O)N(Cc2ccccc2)c2ccccc2C(=O)N/N=C\c2ccc3c(c2)OCO3)cc1. The van der Waals surface area contributed by atoms with E-state index in [0.29, 0.717) is 17.1 Å². The summed E-state index contributed by atoms with van der Waals surface area (Å²) in [6.07, 6.45) is 1.48. The van der Waals surface area contributed by atoms with Crippen LogP contribution >= 0.6 is 0 Å². The molecule has 0 aliphatic carbocycles. The quantitative estimate of drug-likeness (QED) is 0.260. The van der Waals surface area contributed by atoms with E-state index < -0.39 is 15.9 Å². The lowest BCUT2D eigenvalue weighted by Crippen LogP contribution is -2.33. The van der Waals surface area contributed by atoms with Gasteiger partial charge in [-0.05, 0) is 60.5 Å². The molecule has 1 aliphatic heterocycles. The van der Waals surface area contributed by atoms with Crippen LogP contribution in [0.3, 0.4) is 0 Å². The van der Waals surface area contributed by atoms with Crippen molar-refractivity contribution in [2.75, 3.05) is 11.1 Å². The highest BCUT2D eigenvalue weighted by atomic mass is 32.2. The van der Waals surface area contributed by atoms with Gasteiger partial charge in [0.1, 0.15) is 0 Å². The average molecular weight is 528 g/mol.